The molecule has 2 aromatic carbocycles. The topological polar surface area (TPSA) is 53.1 Å². The van der Waals surface area contributed by atoms with Gasteiger partial charge in [0.1, 0.15) is 0 Å². The first kappa shape index (κ1) is 18.2. The van der Waals surface area contributed by atoms with Crippen LogP contribution in [0.15, 0.2) is 52.4 Å². The summed E-state index contributed by atoms with van der Waals surface area (Å²) in [6.07, 6.45) is 3.01. The van der Waals surface area contributed by atoms with Crippen molar-refractivity contribution in [3.05, 3.63) is 48.2 Å². The van der Waals surface area contributed by atoms with Crippen molar-refractivity contribution in [3.8, 4) is 0 Å². The predicted octanol–water partition coefficient (Wildman–Crippen LogP) is 2.67. The first-order valence-electron chi connectivity index (χ1n) is 9.72. The molecule has 0 saturated carbocycles. The number of hydrogen-bond donors (Lipinski definition) is 2. The van der Waals surface area contributed by atoms with E-state index in [2.05, 4.69) is 45.3 Å². The summed E-state index contributed by atoms with van der Waals surface area (Å²) >= 11 is 5.57. The third kappa shape index (κ3) is 3.85. The zero-order chi connectivity index (χ0) is 18.9. The molecule has 5 nitrogen and oxygen atoms in total. The summed E-state index contributed by atoms with van der Waals surface area (Å²) < 4.78 is 0. The van der Waals surface area contributed by atoms with Crippen molar-refractivity contribution in [2.45, 2.75) is 21.5 Å². The van der Waals surface area contributed by atoms with Gasteiger partial charge >= 0.3 is 0 Å². The van der Waals surface area contributed by atoms with Gasteiger partial charge in [-0.05, 0) is 42.8 Å². The summed E-state index contributed by atoms with van der Waals surface area (Å²) in [5.41, 5.74) is 3.44. The van der Waals surface area contributed by atoms with Gasteiger partial charge in [0.05, 0.1) is 5.52 Å². The standard InChI is InChI=1S/C21H23N5S2/c27-16-3-1-2-15(10-16)24-21-23-12-14-4-5-19-18(20(14)25-21)11-17(28-19)13-26-8-6-22-7-9-26/h1-5,10,12,17,22,27H,6-9,11,13H2,(H,23,24,25)/p+1. The maximum Gasteiger partial charge on any atom is 0.227 e. The van der Waals surface area contributed by atoms with Gasteiger partial charge in [-0.3, -0.25) is 4.90 Å². The fraction of sp³-hybridized carbons (Fsp3) is 0.333. The Morgan fingerprint density at radius 2 is 2.11 bits per heavy atom. The van der Waals surface area contributed by atoms with Crippen LogP contribution >= 0.6 is 11.8 Å². The molecule has 7 heteroatoms. The Kier molecular flexibility index (Phi) is 5.15. The van der Waals surface area contributed by atoms with Gasteiger partial charge in [-0.2, -0.15) is 0 Å². The molecular formula is C21H24N5S2+. The molecule has 3 aromatic rings. The summed E-state index contributed by atoms with van der Waals surface area (Å²) in [4.78, 5) is 14.4. The Hall–Kier alpha value is -1.80. The Labute approximate surface area is 174 Å². The van der Waals surface area contributed by atoms with E-state index in [1.54, 1.807) is 0 Å². The van der Waals surface area contributed by atoms with E-state index in [4.69, 9.17) is 4.98 Å². The highest BCUT2D eigenvalue weighted by molar-refractivity contribution is 8.00. The van der Waals surface area contributed by atoms with Gasteiger partial charge in [-0.1, -0.05) is 12.1 Å². The van der Waals surface area contributed by atoms with E-state index in [0.717, 1.165) is 60.6 Å². The molecule has 1 aromatic heterocycles. The van der Waals surface area contributed by atoms with Crippen LogP contribution < -0.4 is 10.6 Å². The molecule has 1 atom stereocenters. The molecule has 0 radical (unpaired) electrons. The van der Waals surface area contributed by atoms with Crippen molar-refractivity contribution in [1.82, 2.24) is 20.2 Å². The lowest BCUT2D eigenvalue weighted by Gasteiger charge is -2.29. The normalized spacial score (nSPS) is 19.7. The lowest BCUT2D eigenvalue weighted by molar-refractivity contribution is 0.242. The van der Waals surface area contributed by atoms with Crippen LogP contribution in [0, 0.1) is 0 Å². The molecule has 0 amide bonds. The summed E-state index contributed by atoms with van der Waals surface area (Å²) in [5.74, 6) is 0.647. The molecule has 1 fully saturated rings. The van der Waals surface area contributed by atoms with Crippen LogP contribution in [-0.4, -0.2) is 52.8 Å². The Morgan fingerprint density at radius 3 is 2.96 bits per heavy atom. The van der Waals surface area contributed by atoms with Crippen molar-refractivity contribution in [1.29, 1.82) is 0 Å². The minimum atomic E-state index is 0.606. The minimum Gasteiger partial charge on any atom is -0.324 e. The number of thioether (sulfide) groups is 1. The first-order chi connectivity index (χ1) is 13.7. The van der Waals surface area contributed by atoms with Crippen molar-refractivity contribution in [3.63, 3.8) is 0 Å². The van der Waals surface area contributed by atoms with Crippen molar-refractivity contribution in [2.24, 2.45) is 0 Å². The number of hydrogen-bond acceptors (Lipinski definition) is 6. The molecular weight excluding hydrogens is 386 g/mol. The van der Waals surface area contributed by atoms with Gasteiger partial charge in [0.25, 0.3) is 0 Å². The zero-order valence-electron chi connectivity index (χ0n) is 15.6. The number of aromatic nitrogens is 2. The van der Waals surface area contributed by atoms with Crippen LogP contribution in [0.1, 0.15) is 5.56 Å². The summed E-state index contributed by atoms with van der Waals surface area (Å²) in [6, 6.07) is 12.4. The zero-order valence-corrected chi connectivity index (χ0v) is 17.4. The van der Waals surface area contributed by atoms with E-state index in [1.165, 1.54) is 10.5 Å². The smallest absolute Gasteiger partial charge is 0.227 e. The highest BCUT2D eigenvalue weighted by atomic mass is 32.2. The Balaban J connectivity index is 1.39. The lowest BCUT2D eigenvalue weighted by atomic mass is 10.1. The highest BCUT2D eigenvalue weighted by Gasteiger charge is 2.27. The number of fused-ring (bicyclic) bond motifs is 3. The van der Waals surface area contributed by atoms with E-state index >= 15 is 0 Å². The predicted molar refractivity (Wildman–Crippen MR) is 120 cm³/mol. The van der Waals surface area contributed by atoms with E-state index in [1.807, 2.05) is 42.2 Å². The third-order valence-electron chi connectivity index (χ3n) is 5.33. The van der Waals surface area contributed by atoms with Crippen molar-refractivity contribution >= 4 is 46.9 Å². The quantitative estimate of drug-likeness (QED) is 0.645. The second kappa shape index (κ2) is 7.91. The van der Waals surface area contributed by atoms with Crippen LogP contribution in [0.3, 0.4) is 0 Å². The molecule has 0 spiro atoms. The molecule has 3 heterocycles. The maximum atomic E-state index is 4.88. The molecule has 2 aliphatic rings. The molecule has 144 valence electrons. The monoisotopic (exact) mass is 410 g/mol. The second-order valence-corrected chi connectivity index (χ2v) is 9.29. The van der Waals surface area contributed by atoms with Gasteiger partial charge in [0.15, 0.2) is 4.90 Å². The highest BCUT2D eigenvalue weighted by Crippen LogP contribution is 2.40. The van der Waals surface area contributed by atoms with Crippen LogP contribution in [0.2, 0.25) is 0 Å². The number of rotatable bonds is 4. The van der Waals surface area contributed by atoms with Crippen molar-refractivity contribution < 1.29 is 0 Å². The summed E-state index contributed by atoms with van der Waals surface area (Å²) in [6.45, 7) is 5.65. The first-order valence-corrected chi connectivity index (χ1v) is 11.1. The second-order valence-electron chi connectivity index (χ2n) is 7.37. The molecule has 28 heavy (non-hydrogen) atoms. The van der Waals surface area contributed by atoms with Crippen LogP contribution in [0.25, 0.3) is 10.9 Å². The molecule has 0 bridgehead atoms. The number of anilines is 2. The van der Waals surface area contributed by atoms with Gasteiger partial charge < -0.3 is 10.6 Å². The molecule has 0 aliphatic carbocycles. The van der Waals surface area contributed by atoms with Gasteiger partial charge in [0.2, 0.25) is 5.95 Å². The molecule has 5 rings (SSSR count). The molecule has 2 N–H and O–H groups in total. The molecule has 1 unspecified atom stereocenters. The maximum absolute atomic E-state index is 4.88. The molecule has 1 saturated heterocycles. The van der Waals surface area contributed by atoms with Gasteiger partial charge in [-0.15, -0.1) is 11.8 Å². The van der Waals surface area contributed by atoms with Crippen molar-refractivity contribution in [2.75, 3.05) is 38.0 Å². The fourth-order valence-electron chi connectivity index (χ4n) is 3.96. The van der Waals surface area contributed by atoms with Crippen LogP contribution in [0.5, 0.6) is 0 Å². The average Bonchev–Trinajstić information content (AvgIpc) is 3.12. The van der Waals surface area contributed by atoms with E-state index in [-0.39, 0.29) is 0 Å². The SMILES string of the molecule is [SH2+]c1cccc(Nc2ncc3ccc4c(c3n2)CC(CN2CCNCC2)S4)c1. The number of piperazine rings is 1. The van der Waals surface area contributed by atoms with Crippen LogP contribution in [-0.2, 0) is 19.0 Å². The van der Waals surface area contributed by atoms with E-state index < -0.39 is 0 Å². The Morgan fingerprint density at radius 1 is 1.21 bits per heavy atom. The van der Waals surface area contributed by atoms with Crippen LogP contribution in [0.4, 0.5) is 11.6 Å². The van der Waals surface area contributed by atoms with E-state index in [9.17, 15) is 0 Å². The van der Waals surface area contributed by atoms with Gasteiger partial charge in [0, 0.05) is 66.2 Å². The number of benzene rings is 2. The fourth-order valence-corrected chi connectivity index (χ4v) is 5.58. The van der Waals surface area contributed by atoms with Gasteiger partial charge in [-0.25, -0.2) is 9.97 Å². The largest absolute Gasteiger partial charge is 0.324 e. The Bertz CT molecular complexity index is 1000. The molecule has 2 aliphatic heterocycles. The number of nitrogens with zero attached hydrogens (tertiary/aromatic N) is 3. The third-order valence-corrected chi connectivity index (χ3v) is 6.93. The average molecular weight is 411 g/mol. The van der Waals surface area contributed by atoms with E-state index in [0.29, 0.717) is 11.2 Å². The lowest BCUT2D eigenvalue weighted by Crippen LogP contribution is -2.45. The summed E-state index contributed by atoms with van der Waals surface area (Å²) in [7, 11) is 0. The number of nitrogens with one attached hydrogen (secondary N) is 2. The summed E-state index contributed by atoms with van der Waals surface area (Å²) in [5, 5.41) is 8.48. The minimum absolute atomic E-state index is 0.606.